The number of hydrogen-bond donors (Lipinski definition) is 0. The number of nitriles is 1. The number of nitrogens with zero attached hydrogens (tertiary/aromatic N) is 1. The van der Waals surface area contributed by atoms with Crippen LogP contribution in [0.5, 0.6) is 5.75 Å². The maximum atomic E-state index is 12.5. The second kappa shape index (κ2) is 4.28. The molecule has 0 heterocycles. The van der Waals surface area contributed by atoms with Gasteiger partial charge in [0.15, 0.2) is 0 Å². The number of ether oxygens (including phenoxy) is 1. The van der Waals surface area contributed by atoms with Gasteiger partial charge in [-0.05, 0) is 37.0 Å². The molecule has 0 aliphatic heterocycles. The fraction of sp³-hybridized carbons (Fsp3) is 0.417. The van der Waals surface area contributed by atoms with Gasteiger partial charge in [0.25, 0.3) is 0 Å². The molecule has 0 atom stereocenters. The summed E-state index contributed by atoms with van der Waals surface area (Å²) in [6.45, 7) is 0.510. The molecule has 1 aliphatic rings. The molecule has 1 aromatic rings. The van der Waals surface area contributed by atoms with Crippen molar-refractivity contribution >= 4 is 0 Å². The molecule has 1 saturated carbocycles. The molecule has 1 fully saturated rings. The number of rotatable bonds is 3. The highest BCUT2D eigenvalue weighted by Gasteiger charge is 2.33. The van der Waals surface area contributed by atoms with Crippen molar-refractivity contribution in [2.24, 2.45) is 5.92 Å². The fourth-order valence-corrected chi connectivity index (χ4v) is 1.45. The Labute approximate surface area is 96.6 Å². The normalized spacial score (nSPS) is 15.4. The highest BCUT2D eigenvalue weighted by atomic mass is 19.4. The summed E-state index contributed by atoms with van der Waals surface area (Å²) in [7, 11) is 0. The lowest BCUT2D eigenvalue weighted by atomic mass is 10.1. The molecule has 0 aromatic heterocycles. The van der Waals surface area contributed by atoms with E-state index in [1.807, 2.05) is 0 Å². The van der Waals surface area contributed by atoms with Crippen LogP contribution in [0.1, 0.15) is 24.0 Å². The molecule has 2 rings (SSSR count). The average Bonchev–Trinajstić information content (AvgIpc) is 3.08. The van der Waals surface area contributed by atoms with E-state index in [0.717, 1.165) is 25.0 Å². The Kier molecular flexibility index (Phi) is 2.97. The smallest absolute Gasteiger partial charge is 0.417 e. The Morgan fingerprint density at radius 3 is 2.59 bits per heavy atom. The maximum absolute atomic E-state index is 12.5. The van der Waals surface area contributed by atoms with E-state index < -0.39 is 17.3 Å². The zero-order valence-electron chi connectivity index (χ0n) is 8.92. The zero-order valence-corrected chi connectivity index (χ0v) is 8.92. The van der Waals surface area contributed by atoms with E-state index >= 15 is 0 Å². The van der Waals surface area contributed by atoms with Crippen LogP contribution in [0.4, 0.5) is 13.2 Å². The molecule has 17 heavy (non-hydrogen) atoms. The molecular weight excluding hydrogens is 231 g/mol. The molecule has 0 radical (unpaired) electrons. The summed E-state index contributed by atoms with van der Waals surface area (Å²) in [6, 6.07) is 4.84. The van der Waals surface area contributed by atoms with E-state index in [1.165, 1.54) is 6.07 Å². The summed E-state index contributed by atoms with van der Waals surface area (Å²) in [5.74, 6) is 0.837. The van der Waals surface area contributed by atoms with E-state index in [9.17, 15) is 13.2 Å². The van der Waals surface area contributed by atoms with Crippen molar-refractivity contribution in [3.05, 3.63) is 29.3 Å². The Morgan fingerprint density at radius 1 is 1.35 bits per heavy atom. The average molecular weight is 241 g/mol. The molecule has 2 nitrogen and oxygen atoms in total. The van der Waals surface area contributed by atoms with E-state index in [2.05, 4.69) is 0 Å². The molecule has 0 spiro atoms. The highest BCUT2D eigenvalue weighted by molar-refractivity contribution is 5.44. The lowest BCUT2D eigenvalue weighted by Crippen LogP contribution is -2.08. The second-order valence-electron chi connectivity index (χ2n) is 4.07. The Bertz CT molecular complexity index is 458. The summed E-state index contributed by atoms with van der Waals surface area (Å²) < 4.78 is 42.8. The molecule has 0 saturated heterocycles. The molecule has 90 valence electrons. The van der Waals surface area contributed by atoms with Crippen LogP contribution in [0.3, 0.4) is 0 Å². The van der Waals surface area contributed by atoms with Crippen LogP contribution >= 0.6 is 0 Å². The summed E-state index contributed by atoms with van der Waals surface area (Å²) in [4.78, 5) is 0. The molecule has 1 aliphatic carbocycles. The van der Waals surface area contributed by atoms with Crippen molar-refractivity contribution in [1.29, 1.82) is 5.26 Å². The third-order valence-electron chi connectivity index (χ3n) is 2.60. The maximum Gasteiger partial charge on any atom is 0.417 e. The van der Waals surface area contributed by atoms with E-state index in [4.69, 9.17) is 10.00 Å². The minimum Gasteiger partial charge on any atom is -0.493 e. The van der Waals surface area contributed by atoms with Gasteiger partial charge in [0.05, 0.1) is 23.8 Å². The molecular formula is C12H10F3NO. The Balaban J connectivity index is 2.18. The molecule has 0 bridgehead atoms. The van der Waals surface area contributed by atoms with Gasteiger partial charge in [0, 0.05) is 0 Å². The SMILES string of the molecule is N#Cc1cc(OCC2CC2)ccc1C(F)(F)F. The molecule has 0 unspecified atom stereocenters. The fourth-order valence-electron chi connectivity index (χ4n) is 1.45. The van der Waals surface area contributed by atoms with Crippen molar-refractivity contribution in [3.63, 3.8) is 0 Å². The topological polar surface area (TPSA) is 33.0 Å². The van der Waals surface area contributed by atoms with Gasteiger partial charge >= 0.3 is 6.18 Å². The quantitative estimate of drug-likeness (QED) is 0.812. The summed E-state index contributed by atoms with van der Waals surface area (Å²) >= 11 is 0. The molecule has 0 amide bonds. The van der Waals surface area contributed by atoms with Crippen LogP contribution in [-0.2, 0) is 6.18 Å². The van der Waals surface area contributed by atoms with Crippen LogP contribution in [0.25, 0.3) is 0 Å². The van der Waals surface area contributed by atoms with Gasteiger partial charge < -0.3 is 4.74 Å². The van der Waals surface area contributed by atoms with Gasteiger partial charge in [0.2, 0.25) is 0 Å². The molecule has 1 aromatic carbocycles. The van der Waals surface area contributed by atoms with E-state index in [-0.39, 0.29) is 0 Å². The molecule has 5 heteroatoms. The van der Waals surface area contributed by atoms with Crippen LogP contribution in [0.15, 0.2) is 18.2 Å². The summed E-state index contributed by atoms with van der Waals surface area (Å²) in [6.07, 6.45) is -2.29. The number of halogens is 3. The van der Waals surface area contributed by atoms with E-state index in [0.29, 0.717) is 18.3 Å². The van der Waals surface area contributed by atoms with Gasteiger partial charge in [-0.3, -0.25) is 0 Å². The van der Waals surface area contributed by atoms with Crippen molar-refractivity contribution in [3.8, 4) is 11.8 Å². The number of benzene rings is 1. The van der Waals surface area contributed by atoms with Crippen molar-refractivity contribution < 1.29 is 17.9 Å². The predicted octanol–water partition coefficient (Wildman–Crippen LogP) is 3.37. The van der Waals surface area contributed by atoms with Crippen LogP contribution in [-0.4, -0.2) is 6.61 Å². The third-order valence-corrected chi connectivity index (χ3v) is 2.60. The van der Waals surface area contributed by atoms with Gasteiger partial charge in [-0.2, -0.15) is 18.4 Å². The zero-order chi connectivity index (χ0) is 12.5. The largest absolute Gasteiger partial charge is 0.493 e. The van der Waals surface area contributed by atoms with Crippen LogP contribution < -0.4 is 4.74 Å². The lowest BCUT2D eigenvalue weighted by Gasteiger charge is -2.10. The first kappa shape index (κ1) is 11.8. The Morgan fingerprint density at radius 2 is 2.06 bits per heavy atom. The standard InChI is InChI=1S/C12H10F3NO/c13-12(14,15)11-4-3-10(5-9(11)6-16)17-7-8-1-2-8/h3-5,8H,1-2,7H2. The molecule has 0 N–H and O–H groups in total. The monoisotopic (exact) mass is 241 g/mol. The van der Waals surface area contributed by atoms with Crippen molar-refractivity contribution in [1.82, 2.24) is 0 Å². The third kappa shape index (κ3) is 2.90. The first-order valence-electron chi connectivity index (χ1n) is 5.25. The van der Waals surface area contributed by atoms with Crippen LogP contribution in [0.2, 0.25) is 0 Å². The van der Waals surface area contributed by atoms with E-state index in [1.54, 1.807) is 6.07 Å². The van der Waals surface area contributed by atoms with Gasteiger partial charge in [-0.25, -0.2) is 0 Å². The summed E-state index contributed by atoms with van der Waals surface area (Å²) in [5.41, 5.74) is -1.32. The van der Waals surface area contributed by atoms with Crippen molar-refractivity contribution in [2.75, 3.05) is 6.61 Å². The second-order valence-corrected chi connectivity index (χ2v) is 4.07. The minimum absolute atomic E-state index is 0.321. The van der Waals surface area contributed by atoms with Crippen LogP contribution in [0, 0.1) is 17.2 Å². The highest BCUT2D eigenvalue weighted by Crippen LogP contribution is 2.34. The van der Waals surface area contributed by atoms with Gasteiger partial charge in [-0.1, -0.05) is 0 Å². The van der Waals surface area contributed by atoms with Gasteiger partial charge in [0.1, 0.15) is 5.75 Å². The number of alkyl halides is 3. The first-order chi connectivity index (χ1) is 8.00. The Hall–Kier alpha value is -1.70. The lowest BCUT2D eigenvalue weighted by molar-refractivity contribution is -0.137. The van der Waals surface area contributed by atoms with Gasteiger partial charge in [-0.15, -0.1) is 0 Å². The predicted molar refractivity (Wildman–Crippen MR) is 54.4 cm³/mol. The summed E-state index contributed by atoms with van der Waals surface area (Å²) in [5, 5.41) is 8.69. The van der Waals surface area contributed by atoms with Crippen molar-refractivity contribution in [2.45, 2.75) is 19.0 Å². The number of hydrogen-bond acceptors (Lipinski definition) is 2. The minimum atomic E-state index is -4.50. The first-order valence-corrected chi connectivity index (χ1v) is 5.25.